The van der Waals surface area contributed by atoms with Crippen LogP contribution < -0.4 is 5.32 Å². The van der Waals surface area contributed by atoms with Crippen molar-refractivity contribution in [3.05, 3.63) is 34.4 Å². The largest absolute Gasteiger partial charge is 0.355 e. The zero-order valence-electron chi connectivity index (χ0n) is 18.4. The fourth-order valence-electron chi connectivity index (χ4n) is 3.25. The highest BCUT2D eigenvalue weighted by Gasteiger charge is 2.22. The molecule has 0 radical (unpaired) electrons. The maximum atomic E-state index is 12.9. The van der Waals surface area contributed by atoms with Crippen molar-refractivity contribution in [3.63, 3.8) is 0 Å². The van der Waals surface area contributed by atoms with Crippen molar-refractivity contribution in [1.82, 2.24) is 30.0 Å². The van der Waals surface area contributed by atoms with Gasteiger partial charge in [0.2, 0.25) is 11.8 Å². The van der Waals surface area contributed by atoms with Gasteiger partial charge in [0, 0.05) is 35.7 Å². The van der Waals surface area contributed by atoms with Gasteiger partial charge in [0.05, 0.1) is 18.7 Å². The Labute approximate surface area is 172 Å². The Morgan fingerprint density at radius 1 is 1.07 bits per heavy atom. The van der Waals surface area contributed by atoms with Gasteiger partial charge in [0.25, 0.3) is 5.95 Å². The average molecular weight is 401 g/mol. The van der Waals surface area contributed by atoms with Crippen LogP contribution in [-0.4, -0.2) is 56.1 Å². The molecule has 0 saturated heterocycles. The maximum Gasteiger partial charge on any atom is 0.251 e. The summed E-state index contributed by atoms with van der Waals surface area (Å²) in [4.78, 5) is 35.6. The molecule has 2 rings (SSSR count). The van der Waals surface area contributed by atoms with Crippen molar-refractivity contribution >= 4 is 11.8 Å². The van der Waals surface area contributed by atoms with E-state index in [0.29, 0.717) is 19.0 Å². The van der Waals surface area contributed by atoms with Crippen LogP contribution in [0.3, 0.4) is 0 Å². The second-order valence-corrected chi connectivity index (χ2v) is 7.35. The molecule has 2 amide bonds. The van der Waals surface area contributed by atoms with Gasteiger partial charge in [-0.15, -0.1) is 0 Å². The first-order chi connectivity index (χ1) is 13.8. The summed E-state index contributed by atoms with van der Waals surface area (Å²) in [5.74, 6) is 0.304. The van der Waals surface area contributed by atoms with Gasteiger partial charge in [-0.1, -0.05) is 13.8 Å². The van der Waals surface area contributed by atoms with E-state index in [1.807, 2.05) is 47.6 Å². The Bertz CT molecular complexity index is 854. The van der Waals surface area contributed by atoms with Crippen molar-refractivity contribution in [2.24, 2.45) is 0 Å². The molecule has 29 heavy (non-hydrogen) atoms. The quantitative estimate of drug-likeness (QED) is 0.697. The summed E-state index contributed by atoms with van der Waals surface area (Å²) >= 11 is 0. The van der Waals surface area contributed by atoms with Crippen LogP contribution >= 0.6 is 0 Å². The topological polar surface area (TPSA) is 93.0 Å². The third-order valence-electron chi connectivity index (χ3n) is 4.68. The lowest BCUT2D eigenvalue weighted by Crippen LogP contribution is -2.42. The molecule has 0 atom stereocenters. The van der Waals surface area contributed by atoms with Crippen LogP contribution in [0.2, 0.25) is 0 Å². The van der Waals surface area contributed by atoms with Crippen molar-refractivity contribution in [2.45, 2.75) is 60.8 Å². The molecule has 8 nitrogen and oxygen atoms in total. The molecule has 0 unspecified atom stereocenters. The molecule has 158 valence electrons. The van der Waals surface area contributed by atoms with E-state index >= 15 is 0 Å². The molecular weight excluding hydrogens is 368 g/mol. The highest BCUT2D eigenvalue weighted by molar-refractivity contribution is 5.86. The fourth-order valence-corrected chi connectivity index (χ4v) is 3.25. The number of nitrogens with one attached hydrogen (secondary N) is 1. The Balaban J connectivity index is 2.22. The molecule has 0 aliphatic heterocycles. The third kappa shape index (κ3) is 5.85. The highest BCUT2D eigenvalue weighted by Crippen LogP contribution is 2.18. The van der Waals surface area contributed by atoms with Crippen LogP contribution in [0.1, 0.15) is 55.0 Å². The van der Waals surface area contributed by atoms with Crippen LogP contribution in [0.25, 0.3) is 5.95 Å². The van der Waals surface area contributed by atoms with Crippen molar-refractivity contribution < 1.29 is 9.59 Å². The van der Waals surface area contributed by atoms with Gasteiger partial charge in [0.1, 0.15) is 0 Å². The van der Waals surface area contributed by atoms with Crippen LogP contribution in [0.15, 0.2) is 6.07 Å². The summed E-state index contributed by atoms with van der Waals surface area (Å²) in [7, 11) is 0. The molecule has 0 aliphatic rings. The van der Waals surface area contributed by atoms with E-state index in [0.717, 1.165) is 41.2 Å². The lowest BCUT2D eigenvalue weighted by atomic mass is 10.1. The molecule has 2 heterocycles. The zero-order valence-corrected chi connectivity index (χ0v) is 18.4. The smallest absolute Gasteiger partial charge is 0.251 e. The lowest BCUT2D eigenvalue weighted by Gasteiger charge is -2.21. The van der Waals surface area contributed by atoms with Gasteiger partial charge >= 0.3 is 0 Å². The Kier molecular flexibility index (Phi) is 7.87. The first kappa shape index (κ1) is 22.5. The standard InChI is InChI=1S/C21H32N6O2/c1-7-9-22-19(28)13-26(10-8-2)20(29)12-18-16(5)25-27(17(18)6)21-23-14(3)11-15(4)24-21/h11H,7-10,12-13H2,1-6H3,(H,22,28). The number of carbonyl (C=O) groups excluding carboxylic acids is 2. The minimum atomic E-state index is -0.124. The molecule has 0 saturated carbocycles. The van der Waals surface area contributed by atoms with E-state index in [-0.39, 0.29) is 24.8 Å². The average Bonchev–Trinajstić information content (AvgIpc) is 2.93. The number of hydrogen-bond donors (Lipinski definition) is 1. The number of aromatic nitrogens is 4. The van der Waals surface area contributed by atoms with Gasteiger partial charge in [-0.05, 0) is 46.6 Å². The number of carbonyl (C=O) groups is 2. The minimum Gasteiger partial charge on any atom is -0.355 e. The van der Waals surface area contributed by atoms with Crippen LogP contribution in [0, 0.1) is 27.7 Å². The maximum absolute atomic E-state index is 12.9. The Hall–Kier alpha value is -2.77. The van der Waals surface area contributed by atoms with E-state index in [9.17, 15) is 9.59 Å². The molecule has 1 N–H and O–H groups in total. The predicted molar refractivity (Wildman–Crippen MR) is 112 cm³/mol. The summed E-state index contributed by atoms with van der Waals surface area (Å²) in [5.41, 5.74) is 4.20. The summed E-state index contributed by atoms with van der Waals surface area (Å²) in [5, 5.41) is 7.40. The SMILES string of the molecule is CCCNC(=O)CN(CCC)C(=O)Cc1c(C)nn(-c2nc(C)cc(C)n2)c1C. The number of hydrogen-bond acceptors (Lipinski definition) is 5. The van der Waals surface area contributed by atoms with E-state index in [4.69, 9.17) is 0 Å². The molecule has 0 spiro atoms. The molecule has 8 heteroatoms. The number of nitrogens with zero attached hydrogens (tertiary/aromatic N) is 5. The number of aryl methyl sites for hydroxylation is 3. The number of rotatable bonds is 9. The molecular formula is C21H32N6O2. The zero-order chi connectivity index (χ0) is 21.6. The normalized spacial score (nSPS) is 10.8. The highest BCUT2D eigenvalue weighted by atomic mass is 16.2. The van der Waals surface area contributed by atoms with E-state index in [2.05, 4.69) is 20.4 Å². The van der Waals surface area contributed by atoms with Gasteiger partial charge in [-0.3, -0.25) is 9.59 Å². The summed E-state index contributed by atoms with van der Waals surface area (Å²) in [6, 6.07) is 1.91. The fraction of sp³-hybridized carbons (Fsp3) is 0.571. The van der Waals surface area contributed by atoms with Crippen molar-refractivity contribution in [1.29, 1.82) is 0 Å². The van der Waals surface area contributed by atoms with Crippen molar-refractivity contribution in [2.75, 3.05) is 19.6 Å². The summed E-state index contributed by atoms with van der Waals surface area (Å²) in [6.45, 7) is 12.9. The van der Waals surface area contributed by atoms with Gasteiger partial charge in [0.15, 0.2) is 0 Å². The molecule has 2 aromatic heterocycles. The molecule has 2 aromatic rings. The summed E-state index contributed by atoms with van der Waals surface area (Å²) in [6.07, 6.45) is 1.86. The second kappa shape index (κ2) is 10.1. The Morgan fingerprint density at radius 3 is 2.31 bits per heavy atom. The molecule has 0 fully saturated rings. The van der Waals surface area contributed by atoms with E-state index in [1.54, 1.807) is 9.58 Å². The second-order valence-electron chi connectivity index (χ2n) is 7.35. The minimum absolute atomic E-state index is 0.0782. The van der Waals surface area contributed by atoms with E-state index in [1.165, 1.54) is 0 Å². The monoisotopic (exact) mass is 400 g/mol. The molecule has 0 aliphatic carbocycles. The number of amides is 2. The summed E-state index contributed by atoms with van der Waals surface area (Å²) < 4.78 is 1.69. The van der Waals surface area contributed by atoms with Gasteiger partial charge in [-0.25, -0.2) is 14.6 Å². The third-order valence-corrected chi connectivity index (χ3v) is 4.68. The molecule has 0 aromatic carbocycles. The molecule has 0 bridgehead atoms. The lowest BCUT2D eigenvalue weighted by molar-refractivity contribution is -0.135. The van der Waals surface area contributed by atoms with Crippen LogP contribution in [0.4, 0.5) is 0 Å². The van der Waals surface area contributed by atoms with Crippen molar-refractivity contribution in [3.8, 4) is 5.95 Å². The van der Waals surface area contributed by atoms with E-state index < -0.39 is 0 Å². The predicted octanol–water partition coefficient (Wildman–Crippen LogP) is 2.20. The van der Waals surface area contributed by atoms with Gasteiger partial charge in [-0.2, -0.15) is 5.10 Å². The first-order valence-corrected chi connectivity index (χ1v) is 10.2. The van der Waals surface area contributed by atoms with Gasteiger partial charge < -0.3 is 10.2 Å². The van der Waals surface area contributed by atoms with Crippen LogP contribution in [-0.2, 0) is 16.0 Å². The Morgan fingerprint density at radius 2 is 1.72 bits per heavy atom. The first-order valence-electron chi connectivity index (χ1n) is 10.2. The van der Waals surface area contributed by atoms with Crippen LogP contribution in [0.5, 0.6) is 0 Å².